The molecule has 1 aliphatic heterocycles. The van der Waals surface area contributed by atoms with Gasteiger partial charge in [0.1, 0.15) is 11.3 Å². The fraction of sp³-hybridized carbons (Fsp3) is 0.150. The lowest BCUT2D eigenvalue weighted by Gasteiger charge is -2.29. The summed E-state index contributed by atoms with van der Waals surface area (Å²) < 4.78 is 5.12. The molecule has 30 heavy (non-hydrogen) atoms. The third-order valence-corrected chi connectivity index (χ3v) is 4.72. The van der Waals surface area contributed by atoms with Crippen LogP contribution in [0.2, 0.25) is 0 Å². The molecule has 9 nitrogen and oxygen atoms in total. The number of nitro benzene ring substituents is 1. The molecule has 0 unspecified atom stereocenters. The van der Waals surface area contributed by atoms with Crippen molar-refractivity contribution in [1.82, 2.24) is 5.32 Å². The zero-order chi connectivity index (χ0) is 22.0. The van der Waals surface area contributed by atoms with Crippen molar-refractivity contribution in [3.8, 4) is 5.75 Å². The molecular formula is C20H18N4O5S. The van der Waals surface area contributed by atoms with Gasteiger partial charge in [-0.25, -0.2) is 0 Å². The van der Waals surface area contributed by atoms with Crippen molar-refractivity contribution in [2.24, 2.45) is 0 Å². The van der Waals surface area contributed by atoms with Gasteiger partial charge in [-0.15, -0.1) is 0 Å². The lowest BCUT2D eigenvalue weighted by Crippen LogP contribution is -2.54. The van der Waals surface area contributed by atoms with E-state index in [1.54, 1.807) is 49.3 Å². The number of carbonyl (C=O) groups excluding carboxylic acids is 2. The summed E-state index contributed by atoms with van der Waals surface area (Å²) in [5.41, 5.74) is 1.07. The number of anilines is 2. The molecular weight excluding hydrogens is 408 g/mol. The minimum absolute atomic E-state index is 0.0563. The molecule has 1 N–H and O–H groups in total. The normalized spacial score (nSPS) is 15.2. The first-order valence-corrected chi connectivity index (χ1v) is 9.15. The van der Waals surface area contributed by atoms with E-state index in [1.165, 1.54) is 30.2 Å². The zero-order valence-corrected chi connectivity index (χ0v) is 17.2. The number of ether oxygens (including phenoxy) is 1. The van der Waals surface area contributed by atoms with E-state index in [9.17, 15) is 19.7 Å². The van der Waals surface area contributed by atoms with Crippen LogP contribution >= 0.6 is 12.2 Å². The Morgan fingerprint density at radius 2 is 1.83 bits per heavy atom. The highest BCUT2D eigenvalue weighted by Crippen LogP contribution is 2.29. The molecule has 154 valence electrons. The summed E-state index contributed by atoms with van der Waals surface area (Å²) in [5.74, 6) is -0.711. The van der Waals surface area contributed by atoms with E-state index in [4.69, 9.17) is 17.0 Å². The average molecular weight is 426 g/mol. The lowest BCUT2D eigenvalue weighted by molar-refractivity contribution is -0.384. The van der Waals surface area contributed by atoms with Gasteiger partial charge in [0.25, 0.3) is 17.5 Å². The number of carbonyl (C=O) groups is 2. The fourth-order valence-corrected chi connectivity index (χ4v) is 3.24. The summed E-state index contributed by atoms with van der Waals surface area (Å²) in [4.78, 5) is 39.2. The molecule has 0 bridgehead atoms. The third-order valence-electron chi connectivity index (χ3n) is 4.44. The van der Waals surface area contributed by atoms with Gasteiger partial charge >= 0.3 is 0 Å². The number of nitro groups is 1. The zero-order valence-electron chi connectivity index (χ0n) is 16.4. The number of nitrogens with one attached hydrogen (secondary N) is 1. The Labute approximate surface area is 177 Å². The number of nitrogens with zero attached hydrogens (tertiary/aromatic N) is 3. The second-order valence-electron chi connectivity index (χ2n) is 6.55. The van der Waals surface area contributed by atoms with Crippen LogP contribution in [0.15, 0.2) is 48.0 Å². The Morgan fingerprint density at radius 1 is 1.17 bits per heavy atom. The van der Waals surface area contributed by atoms with Crippen LogP contribution in [0.3, 0.4) is 0 Å². The summed E-state index contributed by atoms with van der Waals surface area (Å²) in [5, 5.41) is 13.6. The summed E-state index contributed by atoms with van der Waals surface area (Å²) in [6, 6.07) is 10.8. The molecule has 0 aliphatic carbocycles. The Balaban J connectivity index is 2.08. The number of rotatable bonds is 5. The predicted octanol–water partition coefficient (Wildman–Crippen LogP) is 2.50. The van der Waals surface area contributed by atoms with Crippen LogP contribution in [0.1, 0.15) is 5.56 Å². The quantitative estimate of drug-likeness (QED) is 0.257. The van der Waals surface area contributed by atoms with Gasteiger partial charge in [0.2, 0.25) is 0 Å². The molecule has 1 fully saturated rings. The minimum atomic E-state index is -0.675. The van der Waals surface area contributed by atoms with Crippen molar-refractivity contribution >= 4 is 52.3 Å². The van der Waals surface area contributed by atoms with E-state index < -0.39 is 16.7 Å². The Kier molecular flexibility index (Phi) is 5.79. The number of amides is 2. The van der Waals surface area contributed by atoms with Crippen molar-refractivity contribution in [3.05, 3.63) is 63.7 Å². The van der Waals surface area contributed by atoms with Gasteiger partial charge in [0, 0.05) is 37.5 Å². The van der Waals surface area contributed by atoms with E-state index in [2.05, 4.69) is 5.32 Å². The smallest absolute Gasteiger partial charge is 0.270 e. The SMILES string of the molecule is COc1ccc(N2C(=O)/C(=C\c3cc([N+](=O)[O-])ccc3N(C)C)C(=O)NC2=S)cc1. The van der Waals surface area contributed by atoms with Crippen LogP contribution < -0.4 is 19.9 Å². The topological polar surface area (TPSA) is 105 Å². The molecule has 1 heterocycles. The van der Waals surface area contributed by atoms with Crippen molar-refractivity contribution < 1.29 is 19.2 Å². The number of non-ortho nitro benzene ring substituents is 1. The standard InChI is InChI=1S/C20H18N4O5S/c1-22(2)17-9-6-14(24(27)28)10-12(17)11-16-18(25)21-20(30)23(19(16)26)13-4-7-15(29-3)8-5-13/h4-11H,1-3H3,(H,21,25,30)/b16-11-. The first-order valence-electron chi connectivity index (χ1n) is 8.74. The molecule has 0 saturated carbocycles. The van der Waals surface area contributed by atoms with Crippen LogP contribution in [0.5, 0.6) is 5.75 Å². The molecule has 0 aromatic heterocycles. The van der Waals surface area contributed by atoms with E-state index in [1.807, 2.05) is 0 Å². The molecule has 0 spiro atoms. The maximum Gasteiger partial charge on any atom is 0.270 e. The van der Waals surface area contributed by atoms with E-state index in [0.717, 1.165) is 0 Å². The monoisotopic (exact) mass is 426 g/mol. The van der Waals surface area contributed by atoms with Crippen LogP contribution in [-0.4, -0.2) is 43.1 Å². The van der Waals surface area contributed by atoms with Crippen LogP contribution in [-0.2, 0) is 9.59 Å². The average Bonchev–Trinajstić information content (AvgIpc) is 2.71. The summed E-state index contributed by atoms with van der Waals surface area (Å²) in [7, 11) is 5.03. The van der Waals surface area contributed by atoms with Crippen molar-refractivity contribution in [2.45, 2.75) is 0 Å². The van der Waals surface area contributed by atoms with Crippen molar-refractivity contribution in [1.29, 1.82) is 0 Å². The van der Waals surface area contributed by atoms with Gasteiger partial charge < -0.3 is 9.64 Å². The van der Waals surface area contributed by atoms with Crippen molar-refractivity contribution in [2.75, 3.05) is 31.0 Å². The number of thiocarbonyl (C=S) groups is 1. The Morgan fingerprint density at radius 3 is 2.40 bits per heavy atom. The number of methoxy groups -OCH3 is 1. The predicted molar refractivity (Wildman–Crippen MR) is 117 cm³/mol. The highest BCUT2D eigenvalue weighted by molar-refractivity contribution is 7.80. The fourth-order valence-electron chi connectivity index (χ4n) is 2.96. The second kappa shape index (κ2) is 8.29. The molecule has 1 saturated heterocycles. The van der Waals surface area contributed by atoms with Gasteiger partial charge in [-0.2, -0.15) is 0 Å². The highest BCUT2D eigenvalue weighted by atomic mass is 32.1. The minimum Gasteiger partial charge on any atom is -0.497 e. The van der Waals surface area contributed by atoms with Gasteiger partial charge in [-0.1, -0.05) is 0 Å². The van der Waals surface area contributed by atoms with Crippen molar-refractivity contribution in [3.63, 3.8) is 0 Å². The molecule has 1 aliphatic rings. The maximum atomic E-state index is 13.1. The largest absolute Gasteiger partial charge is 0.497 e. The first-order chi connectivity index (χ1) is 14.2. The van der Waals surface area contributed by atoms with Gasteiger partial charge in [-0.3, -0.25) is 29.9 Å². The molecule has 2 amide bonds. The number of benzene rings is 2. The maximum absolute atomic E-state index is 13.1. The third kappa shape index (κ3) is 3.98. The van der Waals surface area contributed by atoms with Gasteiger partial charge in [-0.05, 0) is 48.6 Å². The summed E-state index contributed by atoms with van der Waals surface area (Å²) >= 11 is 5.18. The molecule has 0 atom stereocenters. The summed E-state index contributed by atoms with van der Waals surface area (Å²) in [6.45, 7) is 0. The number of hydrogen-bond acceptors (Lipinski definition) is 7. The number of hydrogen-bond donors (Lipinski definition) is 1. The van der Waals surface area contributed by atoms with E-state index in [0.29, 0.717) is 22.7 Å². The molecule has 0 radical (unpaired) electrons. The Hall–Kier alpha value is -3.79. The Bertz CT molecular complexity index is 1080. The molecule has 10 heteroatoms. The van der Waals surface area contributed by atoms with Crippen LogP contribution in [0.25, 0.3) is 6.08 Å². The second-order valence-corrected chi connectivity index (χ2v) is 6.94. The van der Waals surface area contributed by atoms with Gasteiger partial charge in [0.15, 0.2) is 5.11 Å². The van der Waals surface area contributed by atoms with E-state index >= 15 is 0 Å². The first kappa shape index (κ1) is 20.9. The van der Waals surface area contributed by atoms with Crippen LogP contribution in [0, 0.1) is 10.1 Å². The summed E-state index contributed by atoms with van der Waals surface area (Å²) in [6.07, 6.45) is 1.33. The van der Waals surface area contributed by atoms with Gasteiger partial charge in [0.05, 0.1) is 17.7 Å². The highest BCUT2D eigenvalue weighted by Gasteiger charge is 2.34. The van der Waals surface area contributed by atoms with Crippen LogP contribution in [0.4, 0.5) is 17.1 Å². The van der Waals surface area contributed by atoms with E-state index in [-0.39, 0.29) is 16.4 Å². The molecule has 3 rings (SSSR count). The molecule has 2 aromatic rings. The molecule has 2 aromatic carbocycles. The lowest BCUT2D eigenvalue weighted by atomic mass is 10.0.